The van der Waals surface area contributed by atoms with E-state index in [4.69, 9.17) is 9.47 Å². The van der Waals surface area contributed by atoms with E-state index in [1.54, 1.807) is 24.4 Å². The zero-order valence-corrected chi connectivity index (χ0v) is 14.5. The molecule has 1 heterocycles. The number of carbonyl (C=O) groups is 1. The van der Waals surface area contributed by atoms with E-state index in [0.717, 1.165) is 5.56 Å². The third kappa shape index (κ3) is 4.23. The van der Waals surface area contributed by atoms with Crippen LogP contribution in [0.25, 0.3) is 0 Å². The van der Waals surface area contributed by atoms with Crippen LogP contribution in [0.1, 0.15) is 34.8 Å². The number of hydrogen-bond acceptors (Lipinski definition) is 8. The Kier molecular flexibility index (Phi) is 6.14. The van der Waals surface area contributed by atoms with Gasteiger partial charge in [0.15, 0.2) is 11.5 Å². The summed E-state index contributed by atoms with van der Waals surface area (Å²) in [5.41, 5.74) is 4.23. The van der Waals surface area contributed by atoms with E-state index < -0.39 is 5.97 Å². The highest BCUT2D eigenvalue weighted by molar-refractivity contribution is 7.17. The summed E-state index contributed by atoms with van der Waals surface area (Å²) in [7, 11) is 1.34. The fraction of sp³-hybridized carbons (Fsp3) is 0.312. The van der Waals surface area contributed by atoms with Gasteiger partial charge in [0.05, 0.1) is 25.6 Å². The van der Waals surface area contributed by atoms with Crippen molar-refractivity contribution < 1.29 is 19.4 Å². The first-order valence-corrected chi connectivity index (χ1v) is 8.23. The monoisotopic (exact) mass is 349 g/mol. The fourth-order valence-corrected chi connectivity index (χ4v) is 2.86. The molecule has 2 aromatic rings. The molecule has 2 N–H and O–H groups in total. The number of phenols is 1. The average molecular weight is 349 g/mol. The number of hydrazone groups is 1. The molecule has 0 bridgehead atoms. The van der Waals surface area contributed by atoms with E-state index in [1.165, 1.54) is 18.4 Å². The van der Waals surface area contributed by atoms with Crippen molar-refractivity contribution in [1.82, 2.24) is 4.98 Å². The Balaban J connectivity index is 2.10. The molecular formula is C16H19N3O4S. The summed E-state index contributed by atoms with van der Waals surface area (Å²) < 4.78 is 10.1. The minimum absolute atomic E-state index is 0.0807. The van der Waals surface area contributed by atoms with Crippen LogP contribution < -0.4 is 10.2 Å². The first-order chi connectivity index (χ1) is 11.6. The molecule has 0 saturated heterocycles. The largest absolute Gasteiger partial charge is 0.504 e. The molecule has 0 aliphatic heterocycles. The number of ether oxygens (including phenoxy) is 2. The van der Waals surface area contributed by atoms with Gasteiger partial charge >= 0.3 is 5.97 Å². The highest BCUT2D eigenvalue weighted by Gasteiger charge is 2.17. The Morgan fingerprint density at radius 3 is 2.92 bits per heavy atom. The number of nitrogens with zero attached hydrogens (tertiary/aromatic N) is 2. The number of carbonyl (C=O) groups excluding carboxylic acids is 1. The van der Waals surface area contributed by atoms with E-state index >= 15 is 0 Å². The molecule has 0 saturated carbocycles. The Hall–Kier alpha value is -2.61. The van der Waals surface area contributed by atoms with Gasteiger partial charge in [-0.25, -0.2) is 9.78 Å². The molecule has 8 heteroatoms. The second-order valence-corrected chi connectivity index (χ2v) is 5.67. The van der Waals surface area contributed by atoms with Crippen LogP contribution in [0.3, 0.4) is 0 Å². The molecule has 0 spiro atoms. The topological polar surface area (TPSA) is 93.0 Å². The van der Waals surface area contributed by atoms with E-state index in [0.29, 0.717) is 34.5 Å². The first kappa shape index (κ1) is 17.7. The van der Waals surface area contributed by atoms with Gasteiger partial charge in [-0.1, -0.05) is 18.3 Å². The molecule has 0 aliphatic carbocycles. The predicted octanol–water partition coefficient (Wildman–Crippen LogP) is 3.04. The lowest BCUT2D eigenvalue weighted by Crippen LogP contribution is -2.01. The van der Waals surface area contributed by atoms with Crippen molar-refractivity contribution in [1.29, 1.82) is 0 Å². The van der Waals surface area contributed by atoms with Crippen molar-refractivity contribution in [3.05, 3.63) is 34.3 Å². The molecule has 0 unspecified atom stereocenters. The Labute approximate surface area is 144 Å². The lowest BCUT2D eigenvalue weighted by atomic mass is 10.2. The summed E-state index contributed by atoms with van der Waals surface area (Å²) >= 11 is 1.19. The third-order valence-corrected chi connectivity index (χ3v) is 4.04. The van der Waals surface area contributed by atoms with Crippen molar-refractivity contribution in [2.24, 2.45) is 5.10 Å². The highest BCUT2D eigenvalue weighted by atomic mass is 32.1. The molecule has 1 aromatic carbocycles. The number of anilines is 1. The summed E-state index contributed by atoms with van der Waals surface area (Å²) in [5.74, 6) is 0.0791. The van der Waals surface area contributed by atoms with Crippen LogP contribution in [0.5, 0.6) is 11.5 Å². The van der Waals surface area contributed by atoms with Crippen LogP contribution in [-0.4, -0.2) is 36.0 Å². The molecule has 24 heavy (non-hydrogen) atoms. The number of thiazole rings is 1. The van der Waals surface area contributed by atoms with Gasteiger partial charge in [-0.05, 0) is 37.1 Å². The number of benzene rings is 1. The number of nitrogens with one attached hydrogen (secondary N) is 1. The highest BCUT2D eigenvalue weighted by Crippen LogP contribution is 2.26. The molecule has 1 aromatic heterocycles. The minimum atomic E-state index is -0.402. The van der Waals surface area contributed by atoms with Crippen LogP contribution >= 0.6 is 11.3 Å². The van der Waals surface area contributed by atoms with E-state index in [9.17, 15) is 9.90 Å². The van der Waals surface area contributed by atoms with Crippen LogP contribution in [-0.2, 0) is 11.2 Å². The summed E-state index contributed by atoms with van der Waals surface area (Å²) in [6, 6.07) is 4.94. The molecule has 0 atom stereocenters. The normalized spacial score (nSPS) is 10.8. The van der Waals surface area contributed by atoms with Gasteiger partial charge in [0, 0.05) is 0 Å². The molecule has 2 rings (SSSR count). The summed E-state index contributed by atoms with van der Waals surface area (Å²) in [5, 5.41) is 14.3. The smallest absolute Gasteiger partial charge is 0.350 e. The molecule has 0 radical (unpaired) electrons. The number of aryl methyl sites for hydroxylation is 1. The molecule has 128 valence electrons. The molecule has 0 fully saturated rings. The fourth-order valence-electron chi connectivity index (χ4n) is 1.94. The Bertz CT molecular complexity index is 743. The van der Waals surface area contributed by atoms with Crippen LogP contribution in [0.2, 0.25) is 0 Å². The van der Waals surface area contributed by atoms with Gasteiger partial charge in [0.25, 0.3) is 0 Å². The number of aromatic hydroxyl groups is 1. The number of rotatable bonds is 7. The zero-order valence-electron chi connectivity index (χ0n) is 13.7. The number of esters is 1. The zero-order chi connectivity index (χ0) is 17.5. The maximum Gasteiger partial charge on any atom is 0.350 e. The van der Waals surface area contributed by atoms with Gasteiger partial charge in [0.1, 0.15) is 4.88 Å². The van der Waals surface area contributed by atoms with Gasteiger partial charge in [-0.3, -0.25) is 5.43 Å². The molecular weight excluding hydrogens is 330 g/mol. The van der Waals surface area contributed by atoms with Gasteiger partial charge in [-0.15, -0.1) is 0 Å². The van der Waals surface area contributed by atoms with Crippen LogP contribution in [0, 0.1) is 0 Å². The van der Waals surface area contributed by atoms with Crippen molar-refractivity contribution in [3.8, 4) is 11.5 Å². The summed E-state index contributed by atoms with van der Waals surface area (Å²) in [4.78, 5) is 16.5. The maximum atomic E-state index is 11.7. The van der Waals surface area contributed by atoms with Gasteiger partial charge in [0.2, 0.25) is 5.13 Å². The predicted molar refractivity (Wildman–Crippen MR) is 93.3 cm³/mol. The third-order valence-electron chi connectivity index (χ3n) is 3.06. The lowest BCUT2D eigenvalue weighted by molar-refractivity contribution is 0.0605. The van der Waals surface area contributed by atoms with Crippen LogP contribution in [0.4, 0.5) is 5.13 Å². The molecule has 0 amide bonds. The summed E-state index contributed by atoms with van der Waals surface area (Å²) in [6.07, 6.45) is 2.20. The Morgan fingerprint density at radius 1 is 1.46 bits per heavy atom. The molecule has 7 nitrogen and oxygen atoms in total. The lowest BCUT2D eigenvalue weighted by Gasteiger charge is -2.05. The SMILES string of the molecule is CCOc1cc(/C=N\Nc2nc(CC)c(C(=O)OC)s2)ccc1O. The van der Waals surface area contributed by atoms with E-state index in [2.05, 4.69) is 15.5 Å². The van der Waals surface area contributed by atoms with Gasteiger partial charge in [-0.2, -0.15) is 5.10 Å². The quantitative estimate of drug-likeness (QED) is 0.453. The van der Waals surface area contributed by atoms with Crippen molar-refractivity contribution in [2.75, 3.05) is 19.1 Å². The first-order valence-electron chi connectivity index (χ1n) is 7.41. The van der Waals surface area contributed by atoms with Crippen molar-refractivity contribution in [2.45, 2.75) is 20.3 Å². The number of aromatic nitrogens is 1. The van der Waals surface area contributed by atoms with Gasteiger partial charge < -0.3 is 14.6 Å². The average Bonchev–Trinajstić information content (AvgIpc) is 3.00. The van der Waals surface area contributed by atoms with E-state index in [1.807, 2.05) is 13.8 Å². The Morgan fingerprint density at radius 2 is 2.25 bits per heavy atom. The number of methoxy groups -OCH3 is 1. The van der Waals surface area contributed by atoms with E-state index in [-0.39, 0.29) is 5.75 Å². The second-order valence-electron chi connectivity index (χ2n) is 4.67. The summed E-state index contributed by atoms with van der Waals surface area (Å²) in [6.45, 7) is 4.22. The minimum Gasteiger partial charge on any atom is -0.504 e. The number of phenolic OH excluding ortho intramolecular Hbond substituents is 1. The second kappa shape index (κ2) is 8.30. The molecule has 0 aliphatic rings. The number of hydrogen-bond donors (Lipinski definition) is 2. The standard InChI is InChI=1S/C16H19N3O4S/c1-4-11-14(15(21)22-3)24-16(18-11)19-17-9-10-6-7-12(20)13(8-10)23-5-2/h6-9,20H,4-5H2,1-3H3,(H,18,19)/b17-9-. The van der Waals surface area contributed by atoms with Crippen molar-refractivity contribution >= 4 is 28.7 Å². The maximum absolute atomic E-state index is 11.7. The van der Waals surface area contributed by atoms with Crippen LogP contribution in [0.15, 0.2) is 23.3 Å². The van der Waals surface area contributed by atoms with Crippen molar-refractivity contribution in [3.63, 3.8) is 0 Å².